The van der Waals surface area contributed by atoms with Gasteiger partial charge in [0.15, 0.2) is 0 Å². The Bertz CT molecular complexity index is 682. The van der Waals surface area contributed by atoms with Crippen molar-refractivity contribution >= 4 is 11.3 Å². The van der Waals surface area contributed by atoms with Crippen molar-refractivity contribution in [2.24, 2.45) is 0 Å². The molecule has 1 aromatic heterocycles. The Kier molecular flexibility index (Phi) is 6.32. The second-order valence-corrected chi connectivity index (χ2v) is 7.59. The van der Waals surface area contributed by atoms with Gasteiger partial charge in [-0.25, -0.2) is 4.98 Å². The van der Waals surface area contributed by atoms with Gasteiger partial charge in [0.1, 0.15) is 11.5 Å². The summed E-state index contributed by atoms with van der Waals surface area (Å²) < 4.78 is 10.9. The number of benzene rings is 1. The lowest BCUT2D eigenvalue weighted by Crippen LogP contribution is -2.25. The highest BCUT2D eigenvalue weighted by atomic mass is 32.1. The summed E-state index contributed by atoms with van der Waals surface area (Å²) in [7, 11) is 3.44. The fourth-order valence-corrected chi connectivity index (χ4v) is 3.88. The molecule has 5 heteroatoms. The fourth-order valence-electron chi connectivity index (χ4n) is 3.05. The Labute approximate surface area is 154 Å². The lowest BCUT2D eigenvalue weighted by atomic mass is 10.1. The standard InChI is InChI=1S/C20H28N2O2S/c1-4-5-6-20-21-16(14-25-20)13-22(17-7-8-17)12-15-11-18(23-2)9-10-19(15)24-3/h9-11,14,17H,4-8,12-13H2,1-3H3. The van der Waals surface area contributed by atoms with E-state index < -0.39 is 0 Å². The molecule has 1 fully saturated rings. The maximum atomic E-state index is 5.55. The second-order valence-electron chi connectivity index (χ2n) is 6.65. The number of hydrogen-bond donors (Lipinski definition) is 0. The minimum absolute atomic E-state index is 0.664. The van der Waals surface area contributed by atoms with Gasteiger partial charge in [0.05, 0.1) is 24.9 Å². The molecule has 0 unspecified atom stereocenters. The fraction of sp³-hybridized carbons (Fsp3) is 0.550. The lowest BCUT2D eigenvalue weighted by Gasteiger charge is -2.22. The van der Waals surface area contributed by atoms with E-state index in [9.17, 15) is 0 Å². The molecule has 0 amide bonds. The molecule has 1 aliphatic carbocycles. The summed E-state index contributed by atoms with van der Waals surface area (Å²) in [5, 5.41) is 3.50. The van der Waals surface area contributed by atoms with Crippen molar-refractivity contribution in [1.82, 2.24) is 9.88 Å². The van der Waals surface area contributed by atoms with Gasteiger partial charge in [-0.15, -0.1) is 11.3 Å². The molecule has 136 valence electrons. The second kappa shape index (κ2) is 8.68. The molecule has 0 atom stereocenters. The molecular weight excluding hydrogens is 332 g/mol. The molecule has 2 aromatic rings. The SMILES string of the molecule is CCCCc1nc(CN(Cc2cc(OC)ccc2OC)C2CC2)cs1. The maximum Gasteiger partial charge on any atom is 0.123 e. The molecule has 1 heterocycles. The van der Waals surface area contributed by atoms with Crippen LogP contribution in [0.2, 0.25) is 0 Å². The van der Waals surface area contributed by atoms with E-state index in [0.29, 0.717) is 6.04 Å². The topological polar surface area (TPSA) is 34.6 Å². The van der Waals surface area contributed by atoms with Gasteiger partial charge in [-0.2, -0.15) is 0 Å². The number of aryl methyl sites for hydroxylation is 1. The molecule has 0 saturated heterocycles. The van der Waals surface area contributed by atoms with Crippen molar-refractivity contribution in [2.45, 2.75) is 58.2 Å². The molecule has 25 heavy (non-hydrogen) atoms. The summed E-state index contributed by atoms with van der Waals surface area (Å²) in [4.78, 5) is 7.36. The highest BCUT2D eigenvalue weighted by Crippen LogP contribution is 2.33. The summed E-state index contributed by atoms with van der Waals surface area (Å²) in [5.74, 6) is 1.80. The molecule has 4 nitrogen and oxygen atoms in total. The average Bonchev–Trinajstić information content (AvgIpc) is 3.39. The predicted molar refractivity (Wildman–Crippen MR) is 103 cm³/mol. The maximum absolute atomic E-state index is 5.55. The lowest BCUT2D eigenvalue weighted by molar-refractivity contribution is 0.239. The number of nitrogens with zero attached hydrogens (tertiary/aromatic N) is 2. The van der Waals surface area contributed by atoms with Crippen LogP contribution in [0, 0.1) is 0 Å². The van der Waals surface area contributed by atoms with Crippen molar-refractivity contribution in [3.63, 3.8) is 0 Å². The van der Waals surface area contributed by atoms with E-state index in [2.05, 4.69) is 23.3 Å². The van der Waals surface area contributed by atoms with E-state index in [0.717, 1.165) is 31.0 Å². The van der Waals surface area contributed by atoms with E-state index >= 15 is 0 Å². The van der Waals surface area contributed by atoms with Crippen molar-refractivity contribution < 1.29 is 9.47 Å². The Morgan fingerprint density at radius 2 is 2.04 bits per heavy atom. The van der Waals surface area contributed by atoms with Crippen LogP contribution in [0.25, 0.3) is 0 Å². The first kappa shape index (κ1) is 18.2. The molecular formula is C20H28N2O2S. The molecule has 0 aliphatic heterocycles. The normalized spacial score (nSPS) is 14.1. The zero-order valence-corrected chi connectivity index (χ0v) is 16.3. The minimum atomic E-state index is 0.664. The molecule has 0 spiro atoms. The zero-order chi connectivity index (χ0) is 17.6. The highest BCUT2D eigenvalue weighted by Gasteiger charge is 2.30. The summed E-state index contributed by atoms with van der Waals surface area (Å²) in [5.41, 5.74) is 2.38. The van der Waals surface area contributed by atoms with Crippen LogP contribution in [0.4, 0.5) is 0 Å². The number of methoxy groups -OCH3 is 2. The summed E-state index contributed by atoms with van der Waals surface area (Å²) in [6.07, 6.45) is 6.10. The molecule has 0 radical (unpaired) electrons. The molecule has 1 aromatic carbocycles. The third kappa shape index (κ3) is 4.95. The van der Waals surface area contributed by atoms with Gasteiger partial charge in [0, 0.05) is 30.1 Å². The van der Waals surface area contributed by atoms with Crippen LogP contribution in [0.5, 0.6) is 11.5 Å². The summed E-state index contributed by atoms with van der Waals surface area (Å²) in [6, 6.07) is 6.69. The van der Waals surface area contributed by atoms with Crippen molar-refractivity contribution in [2.75, 3.05) is 14.2 Å². The molecule has 0 bridgehead atoms. The van der Waals surface area contributed by atoms with Crippen LogP contribution >= 0.6 is 11.3 Å². The quantitative estimate of drug-likeness (QED) is 0.617. The monoisotopic (exact) mass is 360 g/mol. The number of aromatic nitrogens is 1. The molecule has 3 rings (SSSR count). The van der Waals surface area contributed by atoms with Crippen molar-refractivity contribution in [1.29, 1.82) is 0 Å². The molecule has 1 aliphatic rings. The summed E-state index contributed by atoms with van der Waals surface area (Å²) in [6.45, 7) is 4.01. The average molecular weight is 361 g/mol. The van der Waals surface area contributed by atoms with Gasteiger partial charge in [-0.3, -0.25) is 4.90 Å². The number of rotatable bonds is 10. The first-order valence-corrected chi connectivity index (χ1v) is 9.99. The highest BCUT2D eigenvalue weighted by molar-refractivity contribution is 7.09. The van der Waals surface area contributed by atoms with Crippen LogP contribution < -0.4 is 9.47 Å². The van der Waals surface area contributed by atoms with E-state index in [1.807, 2.05) is 12.1 Å². The smallest absolute Gasteiger partial charge is 0.123 e. The van der Waals surface area contributed by atoms with Crippen LogP contribution in [-0.2, 0) is 19.5 Å². The van der Waals surface area contributed by atoms with Gasteiger partial charge in [0.2, 0.25) is 0 Å². The Morgan fingerprint density at radius 1 is 1.20 bits per heavy atom. The zero-order valence-electron chi connectivity index (χ0n) is 15.5. The number of ether oxygens (including phenoxy) is 2. The van der Waals surface area contributed by atoms with Gasteiger partial charge in [-0.05, 0) is 43.9 Å². The van der Waals surface area contributed by atoms with Gasteiger partial charge < -0.3 is 9.47 Å². The Balaban J connectivity index is 1.71. The molecule has 1 saturated carbocycles. The van der Waals surface area contributed by atoms with Crippen LogP contribution in [0.15, 0.2) is 23.6 Å². The van der Waals surface area contributed by atoms with Crippen molar-refractivity contribution in [3.05, 3.63) is 39.8 Å². The minimum Gasteiger partial charge on any atom is -0.497 e. The first-order chi connectivity index (χ1) is 12.2. The van der Waals surface area contributed by atoms with E-state index in [4.69, 9.17) is 14.5 Å². The van der Waals surface area contributed by atoms with Gasteiger partial charge in [0.25, 0.3) is 0 Å². The third-order valence-electron chi connectivity index (χ3n) is 4.63. The Hall–Kier alpha value is -1.59. The van der Waals surface area contributed by atoms with Crippen LogP contribution in [0.1, 0.15) is 48.9 Å². The molecule has 0 N–H and O–H groups in total. The van der Waals surface area contributed by atoms with Crippen LogP contribution in [-0.4, -0.2) is 30.1 Å². The van der Waals surface area contributed by atoms with Crippen LogP contribution in [0.3, 0.4) is 0 Å². The third-order valence-corrected chi connectivity index (χ3v) is 5.59. The predicted octanol–water partition coefficient (Wildman–Crippen LogP) is 4.67. The summed E-state index contributed by atoms with van der Waals surface area (Å²) >= 11 is 1.80. The van der Waals surface area contributed by atoms with Gasteiger partial charge in [-0.1, -0.05) is 13.3 Å². The number of hydrogen-bond acceptors (Lipinski definition) is 5. The number of thiazole rings is 1. The van der Waals surface area contributed by atoms with E-state index in [1.54, 1.807) is 25.6 Å². The van der Waals surface area contributed by atoms with E-state index in [-0.39, 0.29) is 0 Å². The largest absolute Gasteiger partial charge is 0.497 e. The van der Waals surface area contributed by atoms with Crippen molar-refractivity contribution in [3.8, 4) is 11.5 Å². The van der Waals surface area contributed by atoms with E-state index in [1.165, 1.54) is 41.9 Å². The Morgan fingerprint density at radius 3 is 2.72 bits per heavy atom. The van der Waals surface area contributed by atoms with Gasteiger partial charge >= 0.3 is 0 Å². The first-order valence-electron chi connectivity index (χ1n) is 9.11. The number of unbranched alkanes of at least 4 members (excludes halogenated alkanes) is 1.